The highest BCUT2D eigenvalue weighted by Crippen LogP contribution is 2.39. The van der Waals surface area contributed by atoms with Crippen molar-refractivity contribution in [2.24, 2.45) is 0 Å². The molecule has 29 heavy (non-hydrogen) atoms. The van der Waals surface area contributed by atoms with Crippen molar-refractivity contribution in [3.05, 3.63) is 59.2 Å². The molecule has 3 rings (SSSR count). The maximum atomic E-state index is 12.5. The van der Waals surface area contributed by atoms with Crippen LogP contribution >= 0.6 is 0 Å². The summed E-state index contributed by atoms with van der Waals surface area (Å²) in [4.78, 5) is 25.0. The number of methoxy groups -OCH3 is 1. The molecule has 0 radical (unpaired) electrons. The van der Waals surface area contributed by atoms with E-state index in [1.165, 1.54) is 0 Å². The van der Waals surface area contributed by atoms with Gasteiger partial charge in [-0.1, -0.05) is 30.3 Å². The van der Waals surface area contributed by atoms with Crippen LogP contribution in [-0.2, 0) is 19.7 Å². The molecule has 0 spiro atoms. The van der Waals surface area contributed by atoms with E-state index in [1.807, 2.05) is 50.2 Å². The number of anilines is 1. The number of hydrogen-bond acceptors (Lipinski definition) is 4. The lowest BCUT2D eigenvalue weighted by Gasteiger charge is -2.38. The third-order valence-electron chi connectivity index (χ3n) is 5.77. The first-order valence-electron chi connectivity index (χ1n) is 9.83. The predicted molar refractivity (Wildman–Crippen MR) is 112 cm³/mol. The molecule has 1 fully saturated rings. The molecule has 2 aromatic rings. The largest absolute Gasteiger partial charge is 0.496 e. The molecule has 0 saturated carbocycles. The summed E-state index contributed by atoms with van der Waals surface area (Å²) in [5.41, 5.74) is 3.35. The third-order valence-corrected chi connectivity index (χ3v) is 5.77. The Morgan fingerprint density at radius 3 is 2.48 bits per heavy atom. The Morgan fingerprint density at radius 2 is 1.76 bits per heavy atom. The van der Waals surface area contributed by atoms with Gasteiger partial charge in [-0.25, -0.2) is 0 Å². The number of carbonyl (C=O) groups excluding carboxylic acids is 2. The summed E-state index contributed by atoms with van der Waals surface area (Å²) < 4.78 is 11.1. The van der Waals surface area contributed by atoms with Gasteiger partial charge < -0.3 is 20.1 Å². The first kappa shape index (κ1) is 20.9. The molecule has 0 bridgehead atoms. The van der Waals surface area contributed by atoms with Gasteiger partial charge in [-0.2, -0.15) is 0 Å². The van der Waals surface area contributed by atoms with Crippen LogP contribution in [0.25, 0.3) is 0 Å². The molecular formula is C23H28N2O4. The zero-order chi connectivity index (χ0) is 20.9. The third kappa shape index (κ3) is 4.59. The molecule has 1 aliphatic rings. The van der Waals surface area contributed by atoms with E-state index < -0.39 is 11.8 Å². The molecule has 1 heterocycles. The minimum absolute atomic E-state index is 0.333. The van der Waals surface area contributed by atoms with Crippen LogP contribution < -0.4 is 15.4 Å². The average Bonchev–Trinajstić information content (AvgIpc) is 2.75. The van der Waals surface area contributed by atoms with Gasteiger partial charge in [0.25, 0.3) is 0 Å². The van der Waals surface area contributed by atoms with Crippen molar-refractivity contribution < 1.29 is 19.1 Å². The lowest BCUT2D eigenvalue weighted by atomic mass is 9.73. The van der Waals surface area contributed by atoms with Gasteiger partial charge in [0.15, 0.2) is 0 Å². The molecule has 2 N–H and O–H groups in total. The fourth-order valence-electron chi connectivity index (χ4n) is 3.78. The van der Waals surface area contributed by atoms with Crippen LogP contribution in [-0.4, -0.2) is 38.7 Å². The van der Waals surface area contributed by atoms with Gasteiger partial charge in [-0.15, -0.1) is 0 Å². The van der Waals surface area contributed by atoms with Gasteiger partial charge in [0.1, 0.15) is 5.75 Å². The van der Waals surface area contributed by atoms with Crippen LogP contribution in [0, 0.1) is 13.8 Å². The summed E-state index contributed by atoms with van der Waals surface area (Å²) in [5, 5.41) is 5.55. The van der Waals surface area contributed by atoms with Crippen molar-refractivity contribution in [2.45, 2.75) is 32.1 Å². The Bertz CT molecular complexity index is 888. The number of nitrogens with one attached hydrogen (secondary N) is 2. The van der Waals surface area contributed by atoms with E-state index in [0.717, 1.165) is 35.3 Å². The second-order valence-corrected chi connectivity index (χ2v) is 7.48. The number of carbonyl (C=O) groups is 2. The van der Waals surface area contributed by atoms with Gasteiger partial charge in [0.2, 0.25) is 0 Å². The van der Waals surface area contributed by atoms with Crippen LogP contribution in [0.15, 0.2) is 42.5 Å². The van der Waals surface area contributed by atoms with Gasteiger partial charge in [-0.3, -0.25) is 9.59 Å². The lowest BCUT2D eigenvalue weighted by molar-refractivity contribution is -0.136. The molecular weight excluding hydrogens is 368 g/mol. The van der Waals surface area contributed by atoms with E-state index in [-0.39, 0.29) is 5.41 Å². The van der Waals surface area contributed by atoms with Crippen LogP contribution in [0.3, 0.4) is 0 Å². The molecule has 0 unspecified atom stereocenters. The number of aryl methyl sites for hydroxylation is 1. The first-order valence-corrected chi connectivity index (χ1v) is 9.83. The van der Waals surface area contributed by atoms with E-state index >= 15 is 0 Å². The van der Waals surface area contributed by atoms with Gasteiger partial charge >= 0.3 is 11.8 Å². The smallest absolute Gasteiger partial charge is 0.313 e. The monoisotopic (exact) mass is 396 g/mol. The number of rotatable bonds is 5. The van der Waals surface area contributed by atoms with Crippen LogP contribution in [0.5, 0.6) is 5.75 Å². The Balaban J connectivity index is 1.73. The van der Waals surface area contributed by atoms with E-state index in [2.05, 4.69) is 10.6 Å². The normalized spacial score (nSPS) is 15.4. The highest BCUT2D eigenvalue weighted by molar-refractivity contribution is 6.39. The van der Waals surface area contributed by atoms with E-state index in [1.54, 1.807) is 13.2 Å². The lowest BCUT2D eigenvalue weighted by Crippen LogP contribution is -2.47. The van der Waals surface area contributed by atoms with Crippen molar-refractivity contribution >= 4 is 17.5 Å². The molecule has 1 saturated heterocycles. The van der Waals surface area contributed by atoms with E-state index in [4.69, 9.17) is 9.47 Å². The maximum Gasteiger partial charge on any atom is 0.313 e. The van der Waals surface area contributed by atoms with Gasteiger partial charge in [0.05, 0.1) is 7.11 Å². The number of benzene rings is 2. The highest BCUT2D eigenvalue weighted by Gasteiger charge is 2.37. The van der Waals surface area contributed by atoms with E-state index in [9.17, 15) is 9.59 Å². The predicted octanol–water partition coefficient (Wildman–Crippen LogP) is 3.12. The minimum atomic E-state index is -0.666. The van der Waals surface area contributed by atoms with Gasteiger partial charge in [0, 0.05) is 36.4 Å². The maximum absolute atomic E-state index is 12.5. The molecule has 2 amide bonds. The van der Waals surface area contributed by atoms with Crippen LogP contribution in [0.4, 0.5) is 5.69 Å². The minimum Gasteiger partial charge on any atom is -0.496 e. The van der Waals surface area contributed by atoms with E-state index in [0.29, 0.717) is 25.4 Å². The molecule has 0 aliphatic carbocycles. The summed E-state index contributed by atoms with van der Waals surface area (Å²) in [5.74, 6) is -0.531. The van der Waals surface area contributed by atoms with Crippen molar-refractivity contribution in [1.29, 1.82) is 0 Å². The van der Waals surface area contributed by atoms with Gasteiger partial charge in [-0.05, 0) is 49.9 Å². The Morgan fingerprint density at radius 1 is 1.03 bits per heavy atom. The summed E-state index contributed by atoms with van der Waals surface area (Å²) in [6.45, 7) is 5.43. The molecule has 6 nitrogen and oxygen atoms in total. The molecule has 0 aromatic heterocycles. The van der Waals surface area contributed by atoms with Crippen molar-refractivity contribution in [3.63, 3.8) is 0 Å². The fourth-order valence-corrected chi connectivity index (χ4v) is 3.78. The molecule has 0 atom stereocenters. The van der Waals surface area contributed by atoms with Crippen LogP contribution in [0.2, 0.25) is 0 Å². The summed E-state index contributed by atoms with van der Waals surface area (Å²) in [7, 11) is 1.64. The number of amides is 2. The Kier molecular flexibility index (Phi) is 6.54. The van der Waals surface area contributed by atoms with Crippen molar-refractivity contribution in [1.82, 2.24) is 5.32 Å². The number of hydrogen-bond donors (Lipinski definition) is 2. The second-order valence-electron chi connectivity index (χ2n) is 7.48. The molecule has 1 aliphatic heterocycles. The standard InChI is InChI=1S/C23H28N2O4/c1-16-7-6-9-19(17(16)2)25-22(27)21(26)24-15-23(11-13-29-14-12-23)18-8-4-5-10-20(18)28-3/h4-10H,11-15H2,1-3H3,(H,24,26)(H,25,27). The summed E-state index contributed by atoms with van der Waals surface area (Å²) in [6.07, 6.45) is 1.48. The first-order chi connectivity index (χ1) is 14.0. The molecule has 154 valence electrons. The number of ether oxygens (including phenoxy) is 2. The quantitative estimate of drug-likeness (QED) is 0.762. The van der Waals surface area contributed by atoms with Crippen molar-refractivity contribution in [2.75, 3.05) is 32.2 Å². The topological polar surface area (TPSA) is 76.7 Å². The van der Waals surface area contributed by atoms with Crippen LogP contribution in [0.1, 0.15) is 29.5 Å². The Labute approximate surface area is 171 Å². The zero-order valence-electron chi connectivity index (χ0n) is 17.2. The zero-order valence-corrected chi connectivity index (χ0v) is 17.2. The molecule has 6 heteroatoms. The number of para-hydroxylation sites is 1. The molecule has 2 aromatic carbocycles. The average molecular weight is 396 g/mol. The second kappa shape index (κ2) is 9.09. The summed E-state index contributed by atoms with van der Waals surface area (Å²) >= 11 is 0. The van der Waals surface area contributed by atoms with Crippen molar-refractivity contribution in [3.8, 4) is 5.75 Å². The summed E-state index contributed by atoms with van der Waals surface area (Å²) in [6, 6.07) is 13.4. The Hall–Kier alpha value is -2.86. The fraction of sp³-hybridized carbons (Fsp3) is 0.391. The highest BCUT2D eigenvalue weighted by atomic mass is 16.5. The SMILES string of the molecule is COc1ccccc1C1(CNC(=O)C(=O)Nc2cccc(C)c2C)CCOCC1.